The number of phenolic OH excluding ortho intramolecular Hbond substituents is 1. The van der Waals surface area contributed by atoms with Gasteiger partial charge in [-0.25, -0.2) is 9.48 Å². The van der Waals surface area contributed by atoms with E-state index in [0.29, 0.717) is 18.0 Å². The Kier molecular flexibility index (Phi) is 7.29. The zero-order valence-corrected chi connectivity index (χ0v) is 21.1. The number of carbonyl (C=O) groups excluding carboxylic acids is 1. The molecule has 0 aliphatic heterocycles. The molecule has 1 heterocycles. The van der Waals surface area contributed by atoms with Crippen molar-refractivity contribution in [2.45, 2.75) is 46.3 Å². The predicted octanol–water partition coefficient (Wildman–Crippen LogP) is 6.08. The zero-order valence-electron chi connectivity index (χ0n) is 21.1. The summed E-state index contributed by atoms with van der Waals surface area (Å²) in [6.07, 6.45) is 0. The number of urea groups is 1. The van der Waals surface area contributed by atoms with E-state index in [0.717, 1.165) is 28.3 Å². The second-order valence-electron chi connectivity index (χ2n) is 9.74. The van der Waals surface area contributed by atoms with E-state index in [1.54, 1.807) is 22.9 Å². The Hall–Kier alpha value is -4.26. The van der Waals surface area contributed by atoms with Gasteiger partial charge in [-0.1, -0.05) is 75.4 Å². The van der Waals surface area contributed by atoms with E-state index < -0.39 is 6.03 Å². The van der Waals surface area contributed by atoms with Crippen molar-refractivity contribution in [2.75, 3.05) is 5.32 Å². The smallest absolute Gasteiger partial charge is 0.320 e. The summed E-state index contributed by atoms with van der Waals surface area (Å²) in [4.78, 5) is 12.8. The van der Waals surface area contributed by atoms with E-state index in [-0.39, 0.29) is 17.7 Å². The van der Waals surface area contributed by atoms with E-state index in [1.807, 2.05) is 67.6 Å². The average Bonchev–Trinajstić information content (AvgIpc) is 3.28. The Balaban J connectivity index is 1.57. The fraction of sp³-hybridized carbons (Fsp3) is 0.241. The van der Waals surface area contributed by atoms with Gasteiger partial charge in [-0.15, -0.1) is 0 Å². The summed E-state index contributed by atoms with van der Waals surface area (Å²) in [7, 11) is 0. The Labute approximate surface area is 211 Å². The Morgan fingerprint density at radius 2 is 1.72 bits per heavy atom. The molecule has 3 N–H and O–H groups in total. The van der Waals surface area contributed by atoms with Gasteiger partial charge in [-0.3, -0.25) is 5.32 Å². The normalized spacial score (nSPS) is 11.2. The lowest BCUT2D eigenvalue weighted by molar-refractivity contribution is 0.251. The SMILES string of the molecule is Cc1ccc(-n2nc(C(C)(C)C)cc2NC(=O)NCc2ccccc2O)cc1OCc1ccccc1. The molecule has 0 saturated heterocycles. The minimum Gasteiger partial charge on any atom is -0.508 e. The van der Waals surface area contributed by atoms with E-state index in [2.05, 4.69) is 31.4 Å². The highest BCUT2D eigenvalue weighted by Gasteiger charge is 2.22. The van der Waals surface area contributed by atoms with Crippen LogP contribution in [0.3, 0.4) is 0 Å². The van der Waals surface area contributed by atoms with Gasteiger partial charge in [-0.2, -0.15) is 5.10 Å². The van der Waals surface area contributed by atoms with Crippen molar-refractivity contribution in [3.8, 4) is 17.2 Å². The number of hydrogen-bond donors (Lipinski definition) is 3. The molecule has 0 saturated carbocycles. The van der Waals surface area contributed by atoms with E-state index in [9.17, 15) is 9.90 Å². The lowest BCUT2D eigenvalue weighted by atomic mass is 9.92. The van der Waals surface area contributed by atoms with Crippen LogP contribution >= 0.6 is 0 Å². The molecule has 1 aromatic heterocycles. The van der Waals surface area contributed by atoms with Crippen molar-refractivity contribution in [1.29, 1.82) is 0 Å². The van der Waals surface area contributed by atoms with Crippen LogP contribution in [0.4, 0.5) is 10.6 Å². The van der Waals surface area contributed by atoms with E-state index in [4.69, 9.17) is 9.84 Å². The molecule has 0 unspecified atom stereocenters. The molecule has 7 nitrogen and oxygen atoms in total. The molecule has 0 radical (unpaired) electrons. The van der Waals surface area contributed by atoms with Crippen molar-refractivity contribution in [3.63, 3.8) is 0 Å². The number of anilines is 1. The number of benzene rings is 3. The molecule has 0 aliphatic carbocycles. The molecule has 186 valence electrons. The van der Waals surface area contributed by atoms with Crippen molar-refractivity contribution in [2.24, 2.45) is 0 Å². The number of rotatable bonds is 7. The van der Waals surface area contributed by atoms with Crippen LogP contribution in [-0.2, 0) is 18.6 Å². The van der Waals surface area contributed by atoms with Crippen molar-refractivity contribution in [3.05, 3.63) is 101 Å². The number of hydrogen-bond acceptors (Lipinski definition) is 4. The number of phenols is 1. The number of ether oxygens (including phenoxy) is 1. The van der Waals surface area contributed by atoms with Crippen LogP contribution in [0.25, 0.3) is 5.69 Å². The quantitative estimate of drug-likeness (QED) is 0.296. The largest absolute Gasteiger partial charge is 0.508 e. The maximum Gasteiger partial charge on any atom is 0.320 e. The van der Waals surface area contributed by atoms with Crippen molar-refractivity contribution in [1.82, 2.24) is 15.1 Å². The van der Waals surface area contributed by atoms with Gasteiger partial charge in [0.25, 0.3) is 0 Å². The van der Waals surface area contributed by atoms with Crippen LogP contribution in [0, 0.1) is 6.92 Å². The lowest BCUT2D eigenvalue weighted by Crippen LogP contribution is -2.29. The minimum absolute atomic E-state index is 0.139. The van der Waals surface area contributed by atoms with Crippen LogP contribution in [0.2, 0.25) is 0 Å². The first-order valence-electron chi connectivity index (χ1n) is 11.9. The van der Waals surface area contributed by atoms with E-state index in [1.165, 1.54) is 0 Å². The van der Waals surface area contributed by atoms with Gasteiger partial charge in [0.1, 0.15) is 23.9 Å². The summed E-state index contributed by atoms with van der Waals surface area (Å²) in [5, 5.41) is 20.5. The van der Waals surface area contributed by atoms with Crippen LogP contribution < -0.4 is 15.4 Å². The number of nitrogens with zero attached hydrogens (tertiary/aromatic N) is 2. The number of amides is 2. The molecule has 7 heteroatoms. The van der Waals surface area contributed by atoms with Crippen LogP contribution in [0.1, 0.15) is 43.2 Å². The van der Waals surface area contributed by atoms with Gasteiger partial charge < -0.3 is 15.2 Å². The molecular formula is C29H32N4O3. The third-order valence-electron chi connectivity index (χ3n) is 5.80. The van der Waals surface area contributed by atoms with Gasteiger partial charge in [0.05, 0.1) is 11.4 Å². The highest BCUT2D eigenvalue weighted by molar-refractivity contribution is 5.88. The topological polar surface area (TPSA) is 88.4 Å². The van der Waals surface area contributed by atoms with Crippen molar-refractivity contribution >= 4 is 11.8 Å². The monoisotopic (exact) mass is 484 g/mol. The minimum atomic E-state index is -0.396. The number of nitrogens with one attached hydrogen (secondary N) is 2. The second kappa shape index (κ2) is 10.6. The number of aromatic hydroxyl groups is 1. The molecule has 3 aromatic carbocycles. The molecule has 0 bridgehead atoms. The summed E-state index contributed by atoms with van der Waals surface area (Å²) in [5.41, 5.74) is 4.12. The summed E-state index contributed by atoms with van der Waals surface area (Å²) >= 11 is 0. The van der Waals surface area contributed by atoms with E-state index >= 15 is 0 Å². The van der Waals surface area contributed by atoms with Gasteiger partial charge in [0.15, 0.2) is 0 Å². The fourth-order valence-corrected chi connectivity index (χ4v) is 3.64. The summed E-state index contributed by atoms with van der Waals surface area (Å²) in [6, 6.07) is 24.3. The first-order valence-corrected chi connectivity index (χ1v) is 11.9. The Morgan fingerprint density at radius 3 is 2.44 bits per heavy atom. The number of para-hydroxylation sites is 1. The van der Waals surface area contributed by atoms with Gasteiger partial charge in [0, 0.05) is 29.7 Å². The lowest BCUT2D eigenvalue weighted by Gasteiger charge is -2.15. The number of aryl methyl sites for hydroxylation is 1. The zero-order chi connectivity index (χ0) is 25.7. The van der Waals surface area contributed by atoms with Crippen LogP contribution in [0.15, 0.2) is 78.9 Å². The number of aromatic nitrogens is 2. The summed E-state index contributed by atoms with van der Waals surface area (Å²) in [5.74, 6) is 1.42. The summed E-state index contributed by atoms with van der Waals surface area (Å²) in [6.45, 7) is 8.87. The highest BCUT2D eigenvalue weighted by Crippen LogP contribution is 2.29. The highest BCUT2D eigenvalue weighted by atomic mass is 16.5. The van der Waals surface area contributed by atoms with Gasteiger partial charge in [-0.05, 0) is 30.2 Å². The standard InChI is InChI=1S/C29H32N4O3/c1-20-14-15-23(16-25(20)36-19-21-10-6-5-7-11-21)33-27(17-26(32-33)29(2,3)4)31-28(35)30-18-22-12-8-9-13-24(22)34/h5-17,34H,18-19H2,1-4H3,(H2,30,31,35). The third kappa shape index (κ3) is 6.05. The van der Waals surface area contributed by atoms with Crippen LogP contribution in [-0.4, -0.2) is 20.9 Å². The molecule has 0 spiro atoms. The average molecular weight is 485 g/mol. The maximum atomic E-state index is 12.8. The Morgan fingerprint density at radius 1 is 1.00 bits per heavy atom. The van der Waals surface area contributed by atoms with Crippen LogP contribution in [0.5, 0.6) is 11.5 Å². The third-order valence-corrected chi connectivity index (χ3v) is 5.80. The predicted molar refractivity (Wildman–Crippen MR) is 142 cm³/mol. The first kappa shape index (κ1) is 24.9. The Bertz CT molecular complexity index is 1340. The maximum absolute atomic E-state index is 12.8. The molecule has 4 rings (SSSR count). The second-order valence-corrected chi connectivity index (χ2v) is 9.74. The molecular weight excluding hydrogens is 452 g/mol. The van der Waals surface area contributed by atoms with Crippen molar-refractivity contribution < 1.29 is 14.6 Å². The molecule has 36 heavy (non-hydrogen) atoms. The molecule has 0 aliphatic rings. The fourth-order valence-electron chi connectivity index (χ4n) is 3.64. The van der Waals surface area contributed by atoms with Gasteiger partial charge >= 0.3 is 6.03 Å². The molecule has 0 fully saturated rings. The molecule has 2 amide bonds. The number of carbonyl (C=O) groups is 1. The molecule has 4 aromatic rings. The molecule has 0 atom stereocenters. The summed E-state index contributed by atoms with van der Waals surface area (Å²) < 4.78 is 7.83. The first-order chi connectivity index (χ1) is 17.2. The van der Waals surface area contributed by atoms with Gasteiger partial charge in [0.2, 0.25) is 0 Å².